The Labute approximate surface area is 126 Å². The lowest BCUT2D eigenvalue weighted by Gasteiger charge is -2.46. The molecule has 4 heteroatoms. The van der Waals surface area contributed by atoms with E-state index in [9.17, 15) is 5.11 Å². The summed E-state index contributed by atoms with van der Waals surface area (Å²) >= 11 is 1.69. The third-order valence-electron chi connectivity index (χ3n) is 5.11. The number of hydrogen-bond acceptors (Lipinski definition) is 4. The minimum atomic E-state index is -0.256. The van der Waals surface area contributed by atoms with E-state index < -0.39 is 0 Å². The smallest absolute Gasteiger partial charge is 0.0954 e. The average molecular weight is 294 g/mol. The zero-order chi connectivity index (χ0) is 14.0. The van der Waals surface area contributed by atoms with Crippen LogP contribution in [0, 0.1) is 6.92 Å². The van der Waals surface area contributed by atoms with Gasteiger partial charge in [0, 0.05) is 23.0 Å². The van der Waals surface area contributed by atoms with E-state index in [1.54, 1.807) is 11.3 Å². The quantitative estimate of drug-likeness (QED) is 0.926. The lowest BCUT2D eigenvalue weighted by molar-refractivity contribution is -0.0381. The molecule has 2 fully saturated rings. The van der Waals surface area contributed by atoms with Gasteiger partial charge < -0.3 is 5.11 Å². The summed E-state index contributed by atoms with van der Waals surface area (Å²) in [4.78, 5) is 7.14. The fraction of sp³-hybridized carbons (Fsp3) is 0.812. The van der Waals surface area contributed by atoms with Crippen molar-refractivity contribution in [3.05, 3.63) is 16.1 Å². The number of nitrogens with zero attached hydrogens (tertiary/aromatic N) is 2. The second-order valence-electron chi connectivity index (χ2n) is 6.46. The highest BCUT2D eigenvalue weighted by molar-refractivity contribution is 7.09. The third-order valence-corrected chi connectivity index (χ3v) is 6.10. The van der Waals surface area contributed by atoms with Gasteiger partial charge in [-0.25, -0.2) is 4.98 Å². The molecule has 20 heavy (non-hydrogen) atoms. The molecule has 1 aliphatic carbocycles. The second kappa shape index (κ2) is 6.12. The third kappa shape index (κ3) is 2.78. The number of aliphatic hydroxyl groups excluding tert-OH is 1. The molecule has 1 aliphatic heterocycles. The topological polar surface area (TPSA) is 36.4 Å². The Hall–Kier alpha value is -0.450. The van der Waals surface area contributed by atoms with Crippen LogP contribution in [0.1, 0.15) is 55.6 Å². The van der Waals surface area contributed by atoms with Gasteiger partial charge in [0.25, 0.3) is 0 Å². The highest BCUT2D eigenvalue weighted by Gasteiger charge is 2.45. The van der Waals surface area contributed by atoms with Crippen LogP contribution >= 0.6 is 11.3 Å². The first kappa shape index (κ1) is 14.5. The van der Waals surface area contributed by atoms with Crippen molar-refractivity contribution >= 4 is 11.3 Å². The van der Waals surface area contributed by atoms with E-state index in [1.165, 1.54) is 58.0 Å². The number of aliphatic hydroxyl groups is 1. The monoisotopic (exact) mass is 294 g/mol. The van der Waals surface area contributed by atoms with Gasteiger partial charge in [-0.1, -0.05) is 19.3 Å². The number of aromatic nitrogens is 1. The Morgan fingerprint density at radius 1 is 1.25 bits per heavy atom. The number of thiazole rings is 1. The van der Waals surface area contributed by atoms with E-state index in [2.05, 4.69) is 15.3 Å². The molecule has 2 heterocycles. The molecule has 1 saturated heterocycles. The van der Waals surface area contributed by atoms with Crippen molar-refractivity contribution in [2.45, 2.75) is 69.9 Å². The van der Waals surface area contributed by atoms with Crippen LogP contribution in [-0.4, -0.2) is 39.7 Å². The molecule has 1 atom stereocenters. The van der Waals surface area contributed by atoms with Crippen LogP contribution in [0.3, 0.4) is 0 Å². The number of rotatable bonds is 4. The van der Waals surface area contributed by atoms with Crippen LogP contribution in [0.15, 0.2) is 5.38 Å². The van der Waals surface area contributed by atoms with Crippen LogP contribution in [-0.2, 0) is 6.42 Å². The van der Waals surface area contributed by atoms with Gasteiger partial charge >= 0.3 is 0 Å². The molecule has 2 aliphatic rings. The summed E-state index contributed by atoms with van der Waals surface area (Å²) in [5.74, 6) is 0. The van der Waals surface area contributed by atoms with Crippen LogP contribution in [0.25, 0.3) is 0 Å². The molecule has 0 amide bonds. The van der Waals surface area contributed by atoms with Crippen LogP contribution in [0.5, 0.6) is 0 Å². The van der Waals surface area contributed by atoms with Crippen molar-refractivity contribution in [2.24, 2.45) is 0 Å². The molecule has 0 spiro atoms. The van der Waals surface area contributed by atoms with Crippen LogP contribution in [0.4, 0.5) is 0 Å². The highest BCUT2D eigenvalue weighted by atomic mass is 32.1. The van der Waals surface area contributed by atoms with Crippen molar-refractivity contribution < 1.29 is 5.11 Å². The second-order valence-corrected chi connectivity index (χ2v) is 7.40. The summed E-state index contributed by atoms with van der Waals surface area (Å²) in [6.07, 6.45) is 9.29. The number of hydrogen-bond donors (Lipinski definition) is 1. The van der Waals surface area contributed by atoms with E-state index >= 15 is 0 Å². The maximum Gasteiger partial charge on any atom is 0.0954 e. The number of aryl methyl sites for hydroxylation is 1. The van der Waals surface area contributed by atoms with Gasteiger partial charge in [-0.2, -0.15) is 0 Å². The van der Waals surface area contributed by atoms with Gasteiger partial charge in [-0.05, 0) is 45.7 Å². The highest BCUT2D eigenvalue weighted by Crippen LogP contribution is 2.40. The molecular formula is C16H26N2OS. The summed E-state index contributed by atoms with van der Waals surface area (Å²) in [6.45, 7) is 4.38. The number of likely N-dealkylation sites (tertiary alicyclic amines) is 1. The summed E-state index contributed by atoms with van der Waals surface area (Å²) in [6, 6.07) is 0. The lowest BCUT2D eigenvalue weighted by atomic mass is 9.85. The minimum Gasteiger partial charge on any atom is -0.391 e. The Morgan fingerprint density at radius 3 is 2.55 bits per heavy atom. The van der Waals surface area contributed by atoms with Crippen molar-refractivity contribution in [2.75, 3.05) is 13.1 Å². The first-order chi connectivity index (χ1) is 9.71. The molecule has 1 unspecified atom stereocenters. The molecule has 1 aromatic rings. The van der Waals surface area contributed by atoms with Gasteiger partial charge in [-0.3, -0.25) is 4.90 Å². The zero-order valence-corrected chi connectivity index (χ0v) is 13.3. The Bertz CT molecular complexity index is 433. The van der Waals surface area contributed by atoms with E-state index in [0.29, 0.717) is 0 Å². The summed E-state index contributed by atoms with van der Waals surface area (Å²) in [5, 5.41) is 14.1. The molecule has 1 aromatic heterocycles. The van der Waals surface area contributed by atoms with Crippen molar-refractivity contribution in [3.63, 3.8) is 0 Å². The minimum absolute atomic E-state index is 0.0417. The maximum absolute atomic E-state index is 10.9. The fourth-order valence-electron chi connectivity index (χ4n) is 4.04. The van der Waals surface area contributed by atoms with E-state index in [4.69, 9.17) is 0 Å². The largest absolute Gasteiger partial charge is 0.391 e. The zero-order valence-electron chi connectivity index (χ0n) is 12.5. The Morgan fingerprint density at radius 2 is 1.95 bits per heavy atom. The van der Waals surface area contributed by atoms with Crippen molar-refractivity contribution in [1.82, 2.24) is 9.88 Å². The first-order valence-corrected chi connectivity index (χ1v) is 8.93. The van der Waals surface area contributed by atoms with E-state index in [1.807, 2.05) is 6.92 Å². The van der Waals surface area contributed by atoms with E-state index in [-0.39, 0.29) is 11.6 Å². The first-order valence-electron chi connectivity index (χ1n) is 8.05. The lowest BCUT2D eigenvalue weighted by Crippen LogP contribution is -2.57. The molecule has 3 rings (SSSR count). The molecule has 1 N–H and O–H groups in total. The average Bonchev–Trinajstić information content (AvgIpc) is 3.10. The molecule has 0 bridgehead atoms. The SMILES string of the molecule is Cc1csc(CC(O)C2(N3CCCCC3)CCCC2)n1. The molecule has 112 valence electrons. The summed E-state index contributed by atoms with van der Waals surface area (Å²) in [7, 11) is 0. The van der Waals surface area contributed by atoms with Gasteiger partial charge in [0.2, 0.25) is 0 Å². The fourth-order valence-corrected chi connectivity index (χ4v) is 4.85. The van der Waals surface area contributed by atoms with Gasteiger partial charge in [0.15, 0.2) is 0 Å². The Kier molecular flexibility index (Phi) is 4.43. The van der Waals surface area contributed by atoms with Gasteiger partial charge in [0.1, 0.15) is 0 Å². The molecular weight excluding hydrogens is 268 g/mol. The molecule has 0 radical (unpaired) electrons. The predicted octanol–water partition coefficient (Wildman–Crippen LogP) is 3.15. The van der Waals surface area contributed by atoms with Crippen molar-refractivity contribution in [3.8, 4) is 0 Å². The van der Waals surface area contributed by atoms with Crippen molar-refractivity contribution in [1.29, 1.82) is 0 Å². The molecule has 1 saturated carbocycles. The standard InChI is InChI=1S/C16H26N2OS/c1-13-12-20-15(17-13)11-14(19)16(7-3-4-8-16)18-9-5-2-6-10-18/h12,14,19H,2-11H2,1H3. The molecule has 0 aromatic carbocycles. The van der Waals surface area contributed by atoms with Crippen LogP contribution in [0.2, 0.25) is 0 Å². The van der Waals surface area contributed by atoms with Crippen LogP contribution < -0.4 is 0 Å². The summed E-state index contributed by atoms with van der Waals surface area (Å²) in [5.41, 5.74) is 1.12. The normalized spacial score (nSPS) is 24.9. The Balaban J connectivity index is 1.75. The maximum atomic E-state index is 10.9. The van der Waals surface area contributed by atoms with E-state index in [0.717, 1.165) is 17.1 Å². The van der Waals surface area contributed by atoms with Gasteiger partial charge in [0.05, 0.1) is 11.1 Å². The summed E-state index contributed by atoms with van der Waals surface area (Å²) < 4.78 is 0. The molecule has 3 nitrogen and oxygen atoms in total. The number of piperidine rings is 1. The van der Waals surface area contributed by atoms with Gasteiger partial charge in [-0.15, -0.1) is 11.3 Å². The predicted molar refractivity (Wildman–Crippen MR) is 83.2 cm³/mol.